The standard InChI is InChI=1S/C21H19FN2O7/c1-30-9-8-23-18(12-4-3-5-14(10-12)24(28)29)17(20(26)21(23)27)19(25)13-6-7-16(31-2)15(22)11-13/h3-7,10-11,18,25H,8-9H2,1-2H3/b19-17+. The third-order valence-corrected chi connectivity index (χ3v) is 4.90. The molecule has 1 fully saturated rings. The van der Waals surface area contributed by atoms with Crippen molar-refractivity contribution in [3.8, 4) is 5.75 Å². The van der Waals surface area contributed by atoms with Crippen molar-refractivity contribution < 1.29 is 33.5 Å². The molecule has 1 amide bonds. The smallest absolute Gasteiger partial charge is 0.295 e. The van der Waals surface area contributed by atoms with Crippen LogP contribution >= 0.6 is 0 Å². The van der Waals surface area contributed by atoms with Crippen LogP contribution in [-0.2, 0) is 14.3 Å². The fourth-order valence-electron chi connectivity index (χ4n) is 3.42. The number of nitro groups is 1. The number of methoxy groups -OCH3 is 2. The maximum atomic E-state index is 14.2. The number of nitrogens with zero attached hydrogens (tertiary/aromatic N) is 2. The first-order valence-electron chi connectivity index (χ1n) is 9.15. The molecule has 0 radical (unpaired) electrons. The van der Waals surface area contributed by atoms with E-state index in [0.717, 1.165) is 11.0 Å². The summed E-state index contributed by atoms with van der Waals surface area (Å²) in [5.41, 5.74) is -0.338. The molecule has 1 N–H and O–H groups in total. The molecule has 1 heterocycles. The fourth-order valence-corrected chi connectivity index (χ4v) is 3.42. The van der Waals surface area contributed by atoms with Gasteiger partial charge in [0.2, 0.25) is 0 Å². The maximum absolute atomic E-state index is 14.2. The van der Waals surface area contributed by atoms with Crippen LogP contribution in [-0.4, -0.2) is 54.0 Å². The van der Waals surface area contributed by atoms with Crippen molar-refractivity contribution in [1.29, 1.82) is 0 Å². The number of nitro benzene ring substituents is 1. The molecular formula is C21H19FN2O7. The Morgan fingerprint density at radius 2 is 1.97 bits per heavy atom. The predicted octanol–water partition coefficient (Wildman–Crippen LogP) is 2.81. The first kappa shape index (κ1) is 21.9. The van der Waals surface area contributed by atoms with E-state index in [1.807, 2.05) is 0 Å². The van der Waals surface area contributed by atoms with Gasteiger partial charge >= 0.3 is 0 Å². The number of aliphatic hydroxyl groups is 1. The van der Waals surface area contributed by atoms with E-state index in [0.29, 0.717) is 0 Å². The Labute approximate surface area is 176 Å². The third kappa shape index (κ3) is 4.10. The molecule has 2 aromatic carbocycles. The zero-order valence-electron chi connectivity index (χ0n) is 16.7. The molecule has 31 heavy (non-hydrogen) atoms. The van der Waals surface area contributed by atoms with Crippen molar-refractivity contribution in [1.82, 2.24) is 4.90 Å². The molecule has 0 bridgehead atoms. The second kappa shape index (κ2) is 8.92. The number of carbonyl (C=O) groups is 2. The number of non-ortho nitro benzene ring substituents is 1. The Morgan fingerprint density at radius 3 is 2.58 bits per heavy atom. The van der Waals surface area contributed by atoms with Gasteiger partial charge in [0.1, 0.15) is 5.76 Å². The van der Waals surface area contributed by atoms with E-state index in [4.69, 9.17) is 9.47 Å². The van der Waals surface area contributed by atoms with E-state index in [2.05, 4.69) is 0 Å². The van der Waals surface area contributed by atoms with Gasteiger partial charge in [0.25, 0.3) is 17.4 Å². The Bertz CT molecular complexity index is 1080. The number of ketones is 1. The van der Waals surface area contributed by atoms with E-state index in [9.17, 15) is 29.2 Å². The van der Waals surface area contributed by atoms with E-state index in [1.165, 1.54) is 50.6 Å². The minimum absolute atomic E-state index is 0.00217. The van der Waals surface area contributed by atoms with Crippen LogP contribution in [0.1, 0.15) is 17.2 Å². The zero-order valence-corrected chi connectivity index (χ0v) is 16.7. The average molecular weight is 430 g/mol. The van der Waals surface area contributed by atoms with Gasteiger partial charge < -0.3 is 19.5 Å². The molecule has 1 unspecified atom stereocenters. The lowest BCUT2D eigenvalue weighted by Crippen LogP contribution is -2.32. The van der Waals surface area contributed by atoms with Crippen LogP contribution in [0.4, 0.5) is 10.1 Å². The Hall–Kier alpha value is -3.79. The lowest BCUT2D eigenvalue weighted by atomic mass is 9.95. The summed E-state index contributed by atoms with van der Waals surface area (Å²) in [6, 6.07) is 7.88. The van der Waals surface area contributed by atoms with Crippen LogP contribution in [0.5, 0.6) is 5.75 Å². The highest BCUT2D eigenvalue weighted by Gasteiger charge is 2.46. The van der Waals surface area contributed by atoms with Gasteiger partial charge in [-0.2, -0.15) is 0 Å². The molecule has 0 aliphatic carbocycles. The second-order valence-corrected chi connectivity index (χ2v) is 6.69. The molecule has 0 spiro atoms. The van der Waals surface area contributed by atoms with Gasteiger partial charge in [-0.1, -0.05) is 12.1 Å². The molecule has 2 aromatic rings. The number of amides is 1. The van der Waals surface area contributed by atoms with E-state index in [1.54, 1.807) is 0 Å². The summed E-state index contributed by atoms with van der Waals surface area (Å²) < 4.78 is 24.0. The molecule has 162 valence electrons. The third-order valence-electron chi connectivity index (χ3n) is 4.90. The Morgan fingerprint density at radius 1 is 1.23 bits per heavy atom. The van der Waals surface area contributed by atoms with Gasteiger partial charge in [0, 0.05) is 31.4 Å². The number of rotatable bonds is 7. The van der Waals surface area contributed by atoms with Crippen LogP contribution < -0.4 is 4.74 Å². The minimum Gasteiger partial charge on any atom is -0.507 e. The summed E-state index contributed by atoms with van der Waals surface area (Å²) in [5.74, 6) is -3.32. The Balaban J connectivity index is 2.20. The number of likely N-dealkylation sites (tertiary alicyclic amines) is 1. The van der Waals surface area contributed by atoms with Gasteiger partial charge in [-0.25, -0.2) is 4.39 Å². The topological polar surface area (TPSA) is 119 Å². The van der Waals surface area contributed by atoms with E-state index >= 15 is 0 Å². The van der Waals surface area contributed by atoms with Gasteiger partial charge in [0.15, 0.2) is 11.6 Å². The fraction of sp³-hybridized carbons (Fsp3) is 0.238. The lowest BCUT2D eigenvalue weighted by molar-refractivity contribution is -0.384. The highest BCUT2D eigenvalue weighted by molar-refractivity contribution is 6.46. The zero-order chi connectivity index (χ0) is 22.7. The summed E-state index contributed by atoms with van der Waals surface area (Å²) in [6.07, 6.45) is 0. The van der Waals surface area contributed by atoms with Gasteiger partial charge in [-0.05, 0) is 23.8 Å². The predicted molar refractivity (Wildman–Crippen MR) is 107 cm³/mol. The number of benzene rings is 2. The molecule has 0 aromatic heterocycles. The van der Waals surface area contributed by atoms with E-state index < -0.39 is 34.2 Å². The van der Waals surface area contributed by atoms with Gasteiger partial charge in [-0.3, -0.25) is 19.7 Å². The summed E-state index contributed by atoms with van der Waals surface area (Å²) in [7, 11) is 2.70. The summed E-state index contributed by atoms with van der Waals surface area (Å²) >= 11 is 0. The largest absolute Gasteiger partial charge is 0.507 e. The number of Topliss-reactive ketones (excluding diaryl/α,β-unsaturated/α-hetero) is 1. The Kier molecular flexibility index (Phi) is 6.30. The SMILES string of the molecule is COCCN1C(=O)C(=O)/C(=C(/O)c2ccc(OC)c(F)c2)C1c1cccc([N+](=O)[O-])c1. The number of hydrogen-bond acceptors (Lipinski definition) is 7. The van der Waals surface area contributed by atoms with Crippen molar-refractivity contribution in [3.63, 3.8) is 0 Å². The minimum atomic E-state index is -1.11. The molecular weight excluding hydrogens is 411 g/mol. The van der Waals surface area contributed by atoms with Gasteiger partial charge in [-0.15, -0.1) is 0 Å². The monoisotopic (exact) mass is 430 g/mol. The molecule has 1 saturated heterocycles. The van der Waals surface area contributed by atoms with Crippen molar-refractivity contribution in [2.24, 2.45) is 0 Å². The number of halogens is 1. The molecule has 10 heteroatoms. The normalized spacial score (nSPS) is 17.8. The summed E-state index contributed by atoms with van der Waals surface area (Å²) in [6.45, 7) is 0.0951. The average Bonchev–Trinajstić information content (AvgIpc) is 3.01. The number of hydrogen-bond donors (Lipinski definition) is 1. The van der Waals surface area contributed by atoms with Crippen molar-refractivity contribution in [2.75, 3.05) is 27.4 Å². The van der Waals surface area contributed by atoms with Crippen LogP contribution in [0.3, 0.4) is 0 Å². The molecule has 9 nitrogen and oxygen atoms in total. The molecule has 1 atom stereocenters. The second-order valence-electron chi connectivity index (χ2n) is 6.69. The van der Waals surface area contributed by atoms with Gasteiger partial charge in [0.05, 0.1) is 30.3 Å². The lowest BCUT2D eigenvalue weighted by Gasteiger charge is -2.25. The quantitative estimate of drug-likeness (QED) is 0.236. The van der Waals surface area contributed by atoms with Crippen molar-refractivity contribution in [3.05, 3.63) is 75.1 Å². The summed E-state index contributed by atoms with van der Waals surface area (Å²) in [4.78, 5) is 37.2. The van der Waals surface area contributed by atoms with Crippen molar-refractivity contribution in [2.45, 2.75) is 6.04 Å². The first-order valence-corrected chi connectivity index (χ1v) is 9.15. The summed E-state index contributed by atoms with van der Waals surface area (Å²) in [5, 5.41) is 22.1. The maximum Gasteiger partial charge on any atom is 0.295 e. The number of aliphatic hydroxyl groups excluding tert-OH is 1. The van der Waals surface area contributed by atoms with Crippen molar-refractivity contribution >= 4 is 23.1 Å². The van der Waals surface area contributed by atoms with Crippen LogP contribution in [0.25, 0.3) is 5.76 Å². The molecule has 3 rings (SSSR count). The highest BCUT2D eigenvalue weighted by atomic mass is 19.1. The molecule has 0 saturated carbocycles. The molecule has 1 aliphatic rings. The number of carbonyl (C=O) groups excluding carboxylic acids is 2. The van der Waals surface area contributed by atoms with Crippen LogP contribution in [0.2, 0.25) is 0 Å². The number of ether oxygens (including phenoxy) is 2. The van der Waals surface area contributed by atoms with E-state index in [-0.39, 0.29) is 41.3 Å². The van der Waals surface area contributed by atoms with Crippen LogP contribution in [0.15, 0.2) is 48.0 Å². The highest BCUT2D eigenvalue weighted by Crippen LogP contribution is 2.40. The van der Waals surface area contributed by atoms with Crippen LogP contribution in [0, 0.1) is 15.9 Å². The first-order chi connectivity index (χ1) is 14.8. The molecule has 1 aliphatic heterocycles.